The summed E-state index contributed by atoms with van der Waals surface area (Å²) in [4.78, 5) is 34.6. The molecule has 7 nitrogen and oxygen atoms in total. The van der Waals surface area contributed by atoms with Crippen molar-refractivity contribution in [3.8, 4) is 11.3 Å². The average Bonchev–Trinajstić information content (AvgIpc) is 3.55. The number of carbonyl (C=O) groups excluding carboxylic acids is 2. The molecule has 0 spiro atoms. The highest BCUT2D eigenvalue weighted by molar-refractivity contribution is 6.06. The Kier molecular flexibility index (Phi) is 4.50. The van der Waals surface area contributed by atoms with Crippen molar-refractivity contribution in [2.45, 2.75) is 19.3 Å². The minimum Gasteiger partial charge on any atom is -0.356 e. The fourth-order valence-corrected chi connectivity index (χ4v) is 3.78. The second-order valence-corrected chi connectivity index (χ2v) is 7.89. The van der Waals surface area contributed by atoms with E-state index in [1.807, 2.05) is 49.5 Å². The first-order valence-electron chi connectivity index (χ1n) is 10.2. The lowest BCUT2D eigenvalue weighted by molar-refractivity contribution is -0.117. The van der Waals surface area contributed by atoms with Gasteiger partial charge in [-0.05, 0) is 37.1 Å². The fourth-order valence-electron chi connectivity index (χ4n) is 3.78. The molecule has 1 saturated carbocycles. The van der Waals surface area contributed by atoms with Gasteiger partial charge in [-0.25, -0.2) is 4.98 Å². The number of pyridine rings is 1. The number of benzene rings is 1. The molecule has 5 rings (SSSR count). The Morgan fingerprint density at radius 1 is 1.20 bits per heavy atom. The van der Waals surface area contributed by atoms with Gasteiger partial charge in [0, 0.05) is 49.1 Å². The Bertz CT molecular complexity index is 1120. The zero-order valence-corrected chi connectivity index (χ0v) is 16.7. The van der Waals surface area contributed by atoms with Crippen molar-refractivity contribution >= 4 is 29.0 Å². The van der Waals surface area contributed by atoms with Crippen LogP contribution in [0.25, 0.3) is 11.3 Å². The fraction of sp³-hybridized carbons (Fsp3) is 0.261. The van der Waals surface area contributed by atoms with Crippen LogP contribution in [-0.2, 0) is 11.2 Å². The van der Waals surface area contributed by atoms with E-state index in [1.54, 1.807) is 11.1 Å². The van der Waals surface area contributed by atoms with Crippen molar-refractivity contribution in [2.75, 3.05) is 24.2 Å². The average molecular weight is 401 g/mol. The van der Waals surface area contributed by atoms with Gasteiger partial charge in [0.15, 0.2) is 0 Å². The number of amides is 2. The second kappa shape index (κ2) is 7.33. The van der Waals surface area contributed by atoms with Crippen LogP contribution >= 0.6 is 0 Å². The minimum absolute atomic E-state index is 0.00602. The van der Waals surface area contributed by atoms with Crippen LogP contribution in [0, 0.1) is 5.92 Å². The Balaban J connectivity index is 1.57. The van der Waals surface area contributed by atoms with Crippen molar-refractivity contribution in [1.29, 1.82) is 0 Å². The van der Waals surface area contributed by atoms with Gasteiger partial charge in [0.1, 0.15) is 5.82 Å². The summed E-state index contributed by atoms with van der Waals surface area (Å²) in [5.41, 5.74) is 4.92. The maximum Gasteiger partial charge on any atom is 0.257 e. The number of carbonyl (C=O) groups is 2. The van der Waals surface area contributed by atoms with E-state index in [1.165, 1.54) is 0 Å². The third kappa shape index (κ3) is 3.43. The first kappa shape index (κ1) is 18.4. The summed E-state index contributed by atoms with van der Waals surface area (Å²) < 4.78 is 0. The van der Waals surface area contributed by atoms with Crippen LogP contribution in [0.15, 0.2) is 48.7 Å². The topological polar surface area (TPSA) is 90.1 Å². The van der Waals surface area contributed by atoms with Crippen molar-refractivity contribution < 1.29 is 9.59 Å². The summed E-state index contributed by atoms with van der Waals surface area (Å²) in [6.07, 6.45) is 4.32. The maximum atomic E-state index is 13.0. The summed E-state index contributed by atoms with van der Waals surface area (Å²) in [5, 5.41) is 6.33. The predicted octanol–water partition coefficient (Wildman–Crippen LogP) is 3.80. The van der Waals surface area contributed by atoms with E-state index in [0.29, 0.717) is 17.9 Å². The van der Waals surface area contributed by atoms with Gasteiger partial charge in [0.2, 0.25) is 5.91 Å². The van der Waals surface area contributed by atoms with E-state index in [2.05, 4.69) is 20.6 Å². The molecule has 3 aromatic rings. The molecule has 1 aromatic carbocycles. The molecule has 1 fully saturated rings. The zero-order chi connectivity index (χ0) is 20.7. The maximum absolute atomic E-state index is 13.0. The Hall–Kier alpha value is -3.61. The predicted molar refractivity (Wildman–Crippen MR) is 116 cm³/mol. The molecule has 0 radical (unpaired) electrons. The number of hydrogen-bond acceptors (Lipinski definition) is 4. The summed E-state index contributed by atoms with van der Waals surface area (Å²) in [6.45, 7) is 0.676. The Morgan fingerprint density at radius 2 is 2.00 bits per heavy atom. The van der Waals surface area contributed by atoms with Gasteiger partial charge < -0.3 is 20.5 Å². The van der Waals surface area contributed by atoms with Crippen LogP contribution in [0.4, 0.5) is 17.2 Å². The van der Waals surface area contributed by atoms with Crippen molar-refractivity contribution in [1.82, 2.24) is 14.9 Å². The number of para-hydroxylation sites is 1. The number of anilines is 3. The van der Waals surface area contributed by atoms with Gasteiger partial charge in [0.05, 0.1) is 16.9 Å². The quantitative estimate of drug-likeness (QED) is 0.607. The van der Waals surface area contributed by atoms with E-state index in [9.17, 15) is 9.59 Å². The van der Waals surface area contributed by atoms with Crippen LogP contribution in [0.3, 0.4) is 0 Å². The zero-order valence-electron chi connectivity index (χ0n) is 16.7. The van der Waals surface area contributed by atoms with Gasteiger partial charge in [-0.15, -0.1) is 0 Å². The van der Waals surface area contributed by atoms with E-state index >= 15 is 0 Å². The van der Waals surface area contributed by atoms with Crippen molar-refractivity contribution in [3.05, 3.63) is 59.9 Å². The van der Waals surface area contributed by atoms with Crippen molar-refractivity contribution in [2.24, 2.45) is 5.92 Å². The molecule has 0 atom stereocenters. The van der Waals surface area contributed by atoms with Gasteiger partial charge in [0.25, 0.3) is 5.91 Å². The number of hydrogen-bond donors (Lipinski definition) is 3. The molecule has 30 heavy (non-hydrogen) atoms. The van der Waals surface area contributed by atoms with E-state index in [0.717, 1.165) is 47.6 Å². The molecule has 1 aliphatic heterocycles. The van der Waals surface area contributed by atoms with Gasteiger partial charge in [-0.3, -0.25) is 9.59 Å². The highest BCUT2D eigenvalue weighted by atomic mass is 16.2. The molecule has 2 aromatic heterocycles. The normalized spacial score (nSPS) is 15.6. The lowest BCUT2D eigenvalue weighted by Gasteiger charge is -2.23. The largest absolute Gasteiger partial charge is 0.356 e. The number of nitrogens with zero attached hydrogens (tertiary/aromatic N) is 2. The smallest absolute Gasteiger partial charge is 0.257 e. The SMILES string of the molecule is CN1CCc2[nH]c(-c3ccnc(NC(=O)C4CC4)c3)c(Nc3ccccc3)c2C1=O. The minimum atomic E-state index is -0.00602. The molecule has 3 heterocycles. The summed E-state index contributed by atoms with van der Waals surface area (Å²) in [5.74, 6) is 0.640. The molecular weight excluding hydrogens is 378 g/mol. The Morgan fingerprint density at radius 3 is 2.77 bits per heavy atom. The standard InChI is InChI=1S/C23H23N5O2/c1-28-12-10-17-19(23(28)30)21(25-16-5-3-2-4-6-16)20(26-17)15-9-11-24-18(13-15)27-22(29)14-7-8-14/h2-6,9,11,13-14,25-26H,7-8,10,12H2,1H3,(H,24,27,29). The van der Waals surface area contributed by atoms with Crippen LogP contribution in [-0.4, -0.2) is 40.3 Å². The second-order valence-electron chi connectivity index (χ2n) is 7.89. The lowest BCUT2D eigenvalue weighted by Crippen LogP contribution is -2.34. The number of aromatic nitrogens is 2. The third-order valence-corrected chi connectivity index (χ3v) is 5.63. The number of likely N-dealkylation sites (N-methyl/N-ethyl adjacent to an activating group) is 1. The van der Waals surface area contributed by atoms with Gasteiger partial charge in [-0.2, -0.15) is 0 Å². The number of rotatable bonds is 5. The molecular formula is C23H23N5O2. The van der Waals surface area contributed by atoms with Crippen LogP contribution in [0.1, 0.15) is 28.9 Å². The first-order valence-corrected chi connectivity index (χ1v) is 10.2. The molecule has 152 valence electrons. The van der Waals surface area contributed by atoms with Crippen LogP contribution < -0.4 is 10.6 Å². The molecule has 0 saturated heterocycles. The van der Waals surface area contributed by atoms with E-state index in [-0.39, 0.29) is 17.7 Å². The lowest BCUT2D eigenvalue weighted by atomic mass is 10.0. The number of H-pyrrole nitrogens is 1. The summed E-state index contributed by atoms with van der Waals surface area (Å²) in [6, 6.07) is 13.5. The molecule has 0 unspecified atom stereocenters. The molecule has 7 heteroatoms. The molecule has 2 aliphatic rings. The monoisotopic (exact) mass is 401 g/mol. The molecule has 1 aliphatic carbocycles. The number of aromatic amines is 1. The number of fused-ring (bicyclic) bond motifs is 1. The summed E-state index contributed by atoms with van der Waals surface area (Å²) in [7, 11) is 1.82. The first-order chi connectivity index (χ1) is 14.6. The molecule has 0 bridgehead atoms. The molecule has 3 N–H and O–H groups in total. The van der Waals surface area contributed by atoms with E-state index in [4.69, 9.17) is 0 Å². The van der Waals surface area contributed by atoms with Crippen LogP contribution in [0.2, 0.25) is 0 Å². The highest BCUT2D eigenvalue weighted by Crippen LogP contribution is 2.38. The molecule has 2 amide bonds. The van der Waals surface area contributed by atoms with Crippen molar-refractivity contribution in [3.63, 3.8) is 0 Å². The summed E-state index contributed by atoms with van der Waals surface area (Å²) >= 11 is 0. The third-order valence-electron chi connectivity index (χ3n) is 5.63. The van der Waals surface area contributed by atoms with Gasteiger partial charge >= 0.3 is 0 Å². The number of nitrogens with one attached hydrogen (secondary N) is 3. The highest BCUT2D eigenvalue weighted by Gasteiger charge is 2.31. The van der Waals surface area contributed by atoms with Crippen LogP contribution in [0.5, 0.6) is 0 Å². The van der Waals surface area contributed by atoms with Gasteiger partial charge in [-0.1, -0.05) is 18.2 Å². The Labute approximate surface area is 174 Å². The van der Waals surface area contributed by atoms with E-state index < -0.39 is 0 Å².